The molecule has 3 rings (SSSR count). The summed E-state index contributed by atoms with van der Waals surface area (Å²) in [4.78, 5) is 12.0. The molecule has 1 aromatic heterocycles. The number of ether oxygens (including phenoxy) is 2. The fourth-order valence-corrected chi connectivity index (χ4v) is 2.64. The standard InChI is InChI=1S/C17H22N4O3/c1-11(9-21-13(3)6-12(2)20-21)8-18-17(22)19-14-4-5-15-16(7-14)24-10-23-15/h4-7,11H,8-10H2,1-3H3,(H2,18,19,22)/t11-/m1/s1. The van der Waals surface area contributed by atoms with Gasteiger partial charge in [0.25, 0.3) is 0 Å². The summed E-state index contributed by atoms with van der Waals surface area (Å²) < 4.78 is 12.5. The van der Waals surface area contributed by atoms with Crippen molar-refractivity contribution in [2.75, 3.05) is 18.7 Å². The van der Waals surface area contributed by atoms with E-state index < -0.39 is 0 Å². The first-order valence-corrected chi connectivity index (χ1v) is 7.97. The van der Waals surface area contributed by atoms with Crippen molar-refractivity contribution in [2.45, 2.75) is 27.3 Å². The van der Waals surface area contributed by atoms with Crippen LogP contribution in [0.2, 0.25) is 0 Å². The fourth-order valence-electron chi connectivity index (χ4n) is 2.64. The lowest BCUT2D eigenvalue weighted by Gasteiger charge is -2.14. The molecular weight excluding hydrogens is 308 g/mol. The molecular formula is C17H22N4O3. The van der Waals surface area contributed by atoms with Gasteiger partial charge in [-0.3, -0.25) is 4.68 Å². The second-order valence-corrected chi connectivity index (χ2v) is 6.12. The van der Waals surface area contributed by atoms with Crippen LogP contribution in [0.25, 0.3) is 0 Å². The van der Waals surface area contributed by atoms with Crippen LogP contribution in [-0.4, -0.2) is 29.1 Å². The summed E-state index contributed by atoms with van der Waals surface area (Å²) in [6.45, 7) is 7.64. The molecule has 1 aliphatic rings. The number of hydrogen-bond donors (Lipinski definition) is 2. The largest absolute Gasteiger partial charge is 0.454 e. The molecule has 0 saturated carbocycles. The zero-order valence-corrected chi connectivity index (χ0v) is 14.1. The van der Waals surface area contributed by atoms with Gasteiger partial charge in [0.2, 0.25) is 6.79 Å². The quantitative estimate of drug-likeness (QED) is 0.883. The van der Waals surface area contributed by atoms with Crippen molar-refractivity contribution in [3.8, 4) is 11.5 Å². The zero-order valence-electron chi connectivity index (χ0n) is 14.1. The van der Waals surface area contributed by atoms with E-state index in [9.17, 15) is 4.79 Å². The van der Waals surface area contributed by atoms with Gasteiger partial charge in [0.1, 0.15) is 0 Å². The average molecular weight is 330 g/mol. The van der Waals surface area contributed by atoms with Gasteiger partial charge in [-0.2, -0.15) is 5.10 Å². The molecule has 0 spiro atoms. The number of carbonyl (C=O) groups excluding carboxylic acids is 1. The Morgan fingerprint density at radius 2 is 2.08 bits per heavy atom. The second-order valence-electron chi connectivity index (χ2n) is 6.12. The summed E-state index contributed by atoms with van der Waals surface area (Å²) in [5, 5.41) is 10.1. The minimum Gasteiger partial charge on any atom is -0.454 e. The number of amides is 2. The highest BCUT2D eigenvalue weighted by Crippen LogP contribution is 2.34. The van der Waals surface area contributed by atoms with Gasteiger partial charge in [-0.05, 0) is 38.0 Å². The minimum atomic E-state index is -0.242. The van der Waals surface area contributed by atoms with Crippen LogP contribution in [0.3, 0.4) is 0 Å². The molecule has 2 aromatic rings. The molecule has 0 aliphatic carbocycles. The number of urea groups is 1. The third-order valence-corrected chi connectivity index (χ3v) is 3.83. The molecule has 128 valence electrons. The molecule has 2 amide bonds. The highest BCUT2D eigenvalue weighted by molar-refractivity contribution is 5.89. The van der Waals surface area contributed by atoms with Crippen LogP contribution in [0, 0.1) is 19.8 Å². The van der Waals surface area contributed by atoms with Gasteiger partial charge in [-0.25, -0.2) is 4.79 Å². The molecule has 0 bridgehead atoms. The molecule has 0 unspecified atom stereocenters. The van der Waals surface area contributed by atoms with Crippen LogP contribution in [0.4, 0.5) is 10.5 Å². The Hall–Kier alpha value is -2.70. The van der Waals surface area contributed by atoms with Gasteiger partial charge in [0.15, 0.2) is 11.5 Å². The third-order valence-electron chi connectivity index (χ3n) is 3.83. The number of aryl methyl sites for hydroxylation is 2. The lowest BCUT2D eigenvalue weighted by molar-refractivity contribution is 0.174. The van der Waals surface area contributed by atoms with E-state index in [-0.39, 0.29) is 18.7 Å². The number of aromatic nitrogens is 2. The summed E-state index contributed by atoms with van der Waals surface area (Å²) >= 11 is 0. The van der Waals surface area contributed by atoms with Crippen molar-refractivity contribution in [1.29, 1.82) is 0 Å². The van der Waals surface area contributed by atoms with Crippen LogP contribution in [0.5, 0.6) is 11.5 Å². The van der Waals surface area contributed by atoms with E-state index in [1.54, 1.807) is 18.2 Å². The number of rotatable bonds is 5. The predicted octanol–water partition coefficient (Wildman–Crippen LogP) is 2.69. The Morgan fingerprint density at radius 3 is 2.83 bits per heavy atom. The fraction of sp³-hybridized carbons (Fsp3) is 0.412. The maximum absolute atomic E-state index is 12.0. The Bertz CT molecular complexity index is 741. The first kappa shape index (κ1) is 16.2. The average Bonchev–Trinajstić information content (AvgIpc) is 3.11. The number of nitrogens with one attached hydrogen (secondary N) is 2. The van der Waals surface area contributed by atoms with Crippen molar-refractivity contribution < 1.29 is 14.3 Å². The van der Waals surface area contributed by atoms with E-state index >= 15 is 0 Å². The highest BCUT2D eigenvalue weighted by atomic mass is 16.7. The van der Waals surface area contributed by atoms with E-state index in [0.717, 1.165) is 17.9 Å². The topological polar surface area (TPSA) is 77.4 Å². The Balaban J connectivity index is 1.47. The monoisotopic (exact) mass is 330 g/mol. The summed E-state index contributed by atoms with van der Waals surface area (Å²) in [6, 6.07) is 7.12. The number of benzene rings is 1. The van der Waals surface area contributed by atoms with Gasteiger partial charge in [0.05, 0.1) is 5.69 Å². The summed E-state index contributed by atoms with van der Waals surface area (Å²) in [5.74, 6) is 1.61. The van der Waals surface area contributed by atoms with Crippen LogP contribution in [0.15, 0.2) is 24.3 Å². The summed E-state index contributed by atoms with van der Waals surface area (Å²) in [7, 11) is 0. The van der Waals surface area contributed by atoms with E-state index in [2.05, 4.69) is 22.7 Å². The zero-order chi connectivity index (χ0) is 17.1. The van der Waals surface area contributed by atoms with Crippen molar-refractivity contribution in [3.63, 3.8) is 0 Å². The third kappa shape index (κ3) is 3.79. The molecule has 1 atom stereocenters. The lowest BCUT2D eigenvalue weighted by atomic mass is 10.2. The number of hydrogen-bond acceptors (Lipinski definition) is 4. The highest BCUT2D eigenvalue weighted by Gasteiger charge is 2.14. The maximum atomic E-state index is 12.0. The number of fused-ring (bicyclic) bond motifs is 1. The number of nitrogens with zero attached hydrogens (tertiary/aromatic N) is 2. The normalized spacial score (nSPS) is 13.6. The smallest absolute Gasteiger partial charge is 0.319 e. The van der Waals surface area contributed by atoms with Gasteiger partial charge >= 0.3 is 6.03 Å². The Morgan fingerprint density at radius 1 is 1.29 bits per heavy atom. The van der Waals surface area contributed by atoms with Gasteiger partial charge in [-0.15, -0.1) is 0 Å². The molecule has 24 heavy (non-hydrogen) atoms. The molecule has 2 heterocycles. The van der Waals surface area contributed by atoms with Crippen LogP contribution < -0.4 is 20.1 Å². The van der Waals surface area contributed by atoms with E-state index in [1.165, 1.54) is 0 Å². The van der Waals surface area contributed by atoms with Gasteiger partial charge < -0.3 is 20.1 Å². The molecule has 2 N–H and O–H groups in total. The van der Waals surface area contributed by atoms with Crippen molar-refractivity contribution in [2.24, 2.45) is 5.92 Å². The molecule has 7 nitrogen and oxygen atoms in total. The van der Waals surface area contributed by atoms with E-state index in [4.69, 9.17) is 9.47 Å². The van der Waals surface area contributed by atoms with Gasteiger partial charge in [-0.1, -0.05) is 6.92 Å². The van der Waals surface area contributed by atoms with Crippen molar-refractivity contribution in [1.82, 2.24) is 15.1 Å². The second kappa shape index (κ2) is 6.82. The SMILES string of the molecule is Cc1cc(C)n(C[C@H](C)CNC(=O)Nc2ccc3c(c2)OCO3)n1. The number of anilines is 1. The summed E-state index contributed by atoms with van der Waals surface area (Å²) in [6.07, 6.45) is 0. The molecule has 7 heteroatoms. The van der Waals surface area contributed by atoms with Crippen LogP contribution >= 0.6 is 0 Å². The predicted molar refractivity (Wildman–Crippen MR) is 90.5 cm³/mol. The maximum Gasteiger partial charge on any atom is 0.319 e. The summed E-state index contributed by atoms with van der Waals surface area (Å²) in [5.41, 5.74) is 2.81. The van der Waals surface area contributed by atoms with Crippen molar-refractivity contribution in [3.05, 3.63) is 35.7 Å². The molecule has 0 radical (unpaired) electrons. The Kier molecular flexibility index (Phi) is 4.59. The van der Waals surface area contributed by atoms with Crippen LogP contribution in [0.1, 0.15) is 18.3 Å². The molecule has 1 aromatic carbocycles. The van der Waals surface area contributed by atoms with Gasteiger partial charge in [0, 0.05) is 30.5 Å². The minimum absolute atomic E-state index is 0.217. The first-order valence-electron chi connectivity index (χ1n) is 7.97. The Labute approximate surface area is 140 Å². The number of carbonyl (C=O) groups is 1. The lowest BCUT2D eigenvalue weighted by Crippen LogP contribution is -2.33. The van der Waals surface area contributed by atoms with Crippen molar-refractivity contribution >= 4 is 11.7 Å². The first-order chi connectivity index (χ1) is 11.5. The molecule has 0 fully saturated rings. The van der Waals surface area contributed by atoms with E-state index in [1.807, 2.05) is 24.6 Å². The molecule has 1 aliphatic heterocycles. The van der Waals surface area contributed by atoms with E-state index in [0.29, 0.717) is 23.7 Å². The van der Waals surface area contributed by atoms with Crippen LogP contribution in [-0.2, 0) is 6.54 Å². The molecule has 0 saturated heterocycles.